The van der Waals surface area contributed by atoms with E-state index in [1.807, 2.05) is 55.5 Å². The van der Waals surface area contributed by atoms with Crippen LogP contribution in [0.4, 0.5) is 5.69 Å². The summed E-state index contributed by atoms with van der Waals surface area (Å²) in [5.74, 6) is 0.494. The van der Waals surface area contributed by atoms with Gasteiger partial charge in [-0.2, -0.15) is 0 Å². The van der Waals surface area contributed by atoms with Crippen molar-refractivity contribution in [2.45, 2.75) is 19.9 Å². The van der Waals surface area contributed by atoms with Gasteiger partial charge in [0.25, 0.3) is 5.91 Å². The SMILES string of the molecule is Cc1ccc2c(c1)OCC(=O)N2CCC(=O)NCc1ccccc1. The van der Waals surface area contributed by atoms with E-state index in [-0.39, 0.29) is 24.8 Å². The molecule has 5 heteroatoms. The lowest BCUT2D eigenvalue weighted by atomic mass is 10.1. The molecule has 2 amide bonds. The van der Waals surface area contributed by atoms with E-state index in [4.69, 9.17) is 4.74 Å². The minimum atomic E-state index is -0.123. The molecule has 0 spiro atoms. The van der Waals surface area contributed by atoms with E-state index in [0.29, 0.717) is 18.8 Å². The maximum Gasteiger partial charge on any atom is 0.265 e. The zero-order valence-corrected chi connectivity index (χ0v) is 13.6. The minimum Gasteiger partial charge on any atom is -0.482 e. The van der Waals surface area contributed by atoms with Crippen LogP contribution in [0, 0.1) is 6.92 Å². The Morgan fingerprint density at radius 2 is 2.00 bits per heavy atom. The van der Waals surface area contributed by atoms with Crippen LogP contribution in [0.1, 0.15) is 17.5 Å². The number of nitrogens with zero attached hydrogens (tertiary/aromatic N) is 1. The summed E-state index contributed by atoms with van der Waals surface area (Å²) in [5.41, 5.74) is 2.85. The van der Waals surface area contributed by atoms with Crippen LogP contribution in [0.25, 0.3) is 0 Å². The van der Waals surface area contributed by atoms with Gasteiger partial charge in [0, 0.05) is 19.5 Å². The highest BCUT2D eigenvalue weighted by Crippen LogP contribution is 2.32. The largest absolute Gasteiger partial charge is 0.482 e. The molecule has 24 heavy (non-hydrogen) atoms. The van der Waals surface area contributed by atoms with Crippen molar-refractivity contribution < 1.29 is 14.3 Å². The number of hydrogen-bond donors (Lipinski definition) is 1. The van der Waals surface area contributed by atoms with Crippen molar-refractivity contribution in [1.82, 2.24) is 5.32 Å². The molecule has 1 aliphatic heterocycles. The molecule has 5 nitrogen and oxygen atoms in total. The number of amides is 2. The van der Waals surface area contributed by atoms with Gasteiger partial charge in [-0.1, -0.05) is 36.4 Å². The first-order valence-corrected chi connectivity index (χ1v) is 7.98. The first kappa shape index (κ1) is 16.1. The number of rotatable bonds is 5. The maximum absolute atomic E-state index is 12.1. The number of hydrogen-bond acceptors (Lipinski definition) is 3. The van der Waals surface area contributed by atoms with Gasteiger partial charge in [-0.15, -0.1) is 0 Å². The molecule has 0 saturated carbocycles. The third-order valence-electron chi connectivity index (χ3n) is 3.95. The molecule has 1 aliphatic rings. The van der Waals surface area contributed by atoms with E-state index in [1.165, 1.54) is 0 Å². The Bertz CT molecular complexity index is 744. The summed E-state index contributed by atoms with van der Waals surface area (Å²) in [6.07, 6.45) is 0.256. The second-order valence-corrected chi connectivity index (χ2v) is 5.82. The molecule has 2 aromatic rings. The van der Waals surface area contributed by atoms with Crippen LogP contribution in [-0.4, -0.2) is 25.0 Å². The van der Waals surface area contributed by atoms with Gasteiger partial charge in [-0.3, -0.25) is 9.59 Å². The number of carbonyl (C=O) groups excluding carboxylic acids is 2. The Balaban J connectivity index is 1.58. The molecule has 0 fully saturated rings. The van der Waals surface area contributed by atoms with Gasteiger partial charge >= 0.3 is 0 Å². The number of nitrogens with one attached hydrogen (secondary N) is 1. The zero-order chi connectivity index (χ0) is 16.9. The van der Waals surface area contributed by atoms with E-state index >= 15 is 0 Å². The van der Waals surface area contributed by atoms with Crippen molar-refractivity contribution in [3.63, 3.8) is 0 Å². The van der Waals surface area contributed by atoms with Crippen molar-refractivity contribution in [3.05, 3.63) is 59.7 Å². The lowest BCUT2D eigenvalue weighted by Crippen LogP contribution is -2.41. The van der Waals surface area contributed by atoms with Crippen molar-refractivity contribution in [2.24, 2.45) is 0 Å². The lowest BCUT2D eigenvalue weighted by Gasteiger charge is -2.29. The molecule has 0 atom stereocenters. The highest BCUT2D eigenvalue weighted by atomic mass is 16.5. The summed E-state index contributed by atoms with van der Waals surface area (Å²) in [6.45, 7) is 2.83. The summed E-state index contributed by atoms with van der Waals surface area (Å²) >= 11 is 0. The van der Waals surface area contributed by atoms with Gasteiger partial charge in [0.15, 0.2) is 6.61 Å². The van der Waals surface area contributed by atoms with Gasteiger partial charge in [-0.25, -0.2) is 0 Å². The predicted octanol–water partition coefficient (Wildman–Crippen LogP) is 2.43. The van der Waals surface area contributed by atoms with Gasteiger partial charge in [-0.05, 0) is 30.2 Å². The highest BCUT2D eigenvalue weighted by Gasteiger charge is 2.25. The van der Waals surface area contributed by atoms with Crippen LogP contribution in [-0.2, 0) is 16.1 Å². The number of fused-ring (bicyclic) bond motifs is 1. The van der Waals surface area contributed by atoms with Crippen LogP contribution < -0.4 is 15.0 Å². The zero-order valence-electron chi connectivity index (χ0n) is 13.6. The Labute approximate surface area is 141 Å². The summed E-state index contributed by atoms with van der Waals surface area (Å²) in [4.78, 5) is 25.8. The summed E-state index contributed by atoms with van der Waals surface area (Å²) in [5, 5.41) is 2.88. The van der Waals surface area contributed by atoms with Gasteiger partial charge in [0.05, 0.1) is 5.69 Å². The average Bonchev–Trinajstić information content (AvgIpc) is 2.60. The molecule has 1 N–H and O–H groups in total. The Morgan fingerprint density at radius 3 is 2.79 bits per heavy atom. The second-order valence-electron chi connectivity index (χ2n) is 5.82. The van der Waals surface area contributed by atoms with Crippen molar-refractivity contribution in [1.29, 1.82) is 0 Å². The number of ether oxygens (including phenoxy) is 1. The van der Waals surface area contributed by atoms with E-state index in [1.54, 1.807) is 4.90 Å². The number of anilines is 1. The third-order valence-corrected chi connectivity index (χ3v) is 3.95. The van der Waals surface area contributed by atoms with Gasteiger partial charge in [0.1, 0.15) is 5.75 Å². The molecule has 2 aromatic carbocycles. The molecule has 1 heterocycles. The quantitative estimate of drug-likeness (QED) is 0.919. The van der Waals surface area contributed by atoms with Crippen molar-refractivity contribution in [3.8, 4) is 5.75 Å². The Hall–Kier alpha value is -2.82. The third kappa shape index (κ3) is 3.74. The van der Waals surface area contributed by atoms with Crippen LogP contribution in [0.3, 0.4) is 0 Å². The van der Waals surface area contributed by atoms with E-state index in [9.17, 15) is 9.59 Å². The molecule has 0 aromatic heterocycles. The number of benzene rings is 2. The van der Waals surface area contributed by atoms with E-state index in [0.717, 1.165) is 16.8 Å². The van der Waals surface area contributed by atoms with E-state index in [2.05, 4.69) is 5.32 Å². The van der Waals surface area contributed by atoms with Crippen LogP contribution >= 0.6 is 0 Å². The lowest BCUT2D eigenvalue weighted by molar-refractivity contribution is -0.122. The Kier molecular flexibility index (Phi) is 4.79. The summed E-state index contributed by atoms with van der Waals surface area (Å²) in [6, 6.07) is 15.4. The summed E-state index contributed by atoms with van der Waals surface area (Å²) in [7, 11) is 0. The highest BCUT2D eigenvalue weighted by molar-refractivity contribution is 5.98. The predicted molar refractivity (Wildman–Crippen MR) is 91.9 cm³/mol. The first-order valence-electron chi connectivity index (χ1n) is 7.98. The monoisotopic (exact) mass is 324 g/mol. The fourth-order valence-electron chi connectivity index (χ4n) is 2.66. The molecular weight excluding hydrogens is 304 g/mol. The van der Waals surface area contributed by atoms with Gasteiger partial charge in [0.2, 0.25) is 5.91 Å². The molecular formula is C19H20N2O3. The number of aryl methyl sites for hydroxylation is 1. The second kappa shape index (κ2) is 7.17. The molecule has 0 bridgehead atoms. The van der Waals surface area contributed by atoms with Crippen LogP contribution in [0.2, 0.25) is 0 Å². The van der Waals surface area contributed by atoms with Crippen LogP contribution in [0.5, 0.6) is 5.75 Å². The standard InChI is InChI=1S/C19H20N2O3/c1-14-7-8-16-17(11-14)24-13-19(23)21(16)10-9-18(22)20-12-15-5-3-2-4-6-15/h2-8,11H,9-10,12-13H2,1H3,(H,20,22). The fourth-order valence-corrected chi connectivity index (χ4v) is 2.66. The smallest absolute Gasteiger partial charge is 0.265 e. The molecule has 0 radical (unpaired) electrons. The molecule has 3 rings (SSSR count). The average molecular weight is 324 g/mol. The van der Waals surface area contributed by atoms with Crippen molar-refractivity contribution >= 4 is 17.5 Å². The molecule has 124 valence electrons. The maximum atomic E-state index is 12.1. The van der Waals surface area contributed by atoms with Gasteiger partial charge < -0.3 is 15.0 Å². The number of carbonyl (C=O) groups is 2. The molecule has 0 unspecified atom stereocenters. The molecule has 0 saturated heterocycles. The minimum absolute atomic E-state index is 0.0160. The normalized spacial score (nSPS) is 13.2. The van der Waals surface area contributed by atoms with Crippen LogP contribution in [0.15, 0.2) is 48.5 Å². The first-order chi connectivity index (χ1) is 11.6. The van der Waals surface area contributed by atoms with Crippen molar-refractivity contribution in [2.75, 3.05) is 18.1 Å². The fraction of sp³-hybridized carbons (Fsp3) is 0.263. The topological polar surface area (TPSA) is 58.6 Å². The van der Waals surface area contributed by atoms with E-state index < -0.39 is 0 Å². The summed E-state index contributed by atoms with van der Waals surface area (Å²) < 4.78 is 5.47. The Morgan fingerprint density at radius 1 is 1.21 bits per heavy atom. The molecule has 0 aliphatic carbocycles.